The Morgan fingerprint density at radius 3 is 2.61 bits per heavy atom. The molecule has 0 aromatic carbocycles. The molecule has 1 aromatic rings. The van der Waals surface area contributed by atoms with Gasteiger partial charge in [-0.2, -0.15) is 4.98 Å². The van der Waals surface area contributed by atoms with Gasteiger partial charge in [-0.15, -0.1) is 0 Å². The average molecular weight is 394 g/mol. The summed E-state index contributed by atoms with van der Waals surface area (Å²) >= 11 is 0. The van der Waals surface area contributed by atoms with Gasteiger partial charge in [-0.05, 0) is 41.0 Å². The summed E-state index contributed by atoms with van der Waals surface area (Å²) in [5, 5.41) is 0. The Bertz CT molecular complexity index is 704. The Labute approximate surface area is 166 Å². The second-order valence-electron chi connectivity index (χ2n) is 7.52. The van der Waals surface area contributed by atoms with Gasteiger partial charge in [0.05, 0.1) is 25.5 Å². The fourth-order valence-corrected chi connectivity index (χ4v) is 2.83. The van der Waals surface area contributed by atoms with Crippen LogP contribution in [0.4, 0.5) is 10.7 Å². The number of hydrogen-bond donors (Lipinski definition) is 0. The highest BCUT2D eigenvalue weighted by Crippen LogP contribution is 2.24. The van der Waals surface area contributed by atoms with Gasteiger partial charge < -0.3 is 24.0 Å². The molecule has 0 saturated carbocycles. The van der Waals surface area contributed by atoms with Crippen LogP contribution in [0.3, 0.4) is 0 Å². The quantitative estimate of drug-likeness (QED) is 0.679. The molecule has 0 spiro atoms. The molecule has 1 fully saturated rings. The van der Waals surface area contributed by atoms with Crippen LogP contribution in [0.25, 0.3) is 0 Å². The molecular weight excluding hydrogens is 364 g/mol. The van der Waals surface area contributed by atoms with E-state index in [0.717, 1.165) is 6.42 Å². The maximum absolute atomic E-state index is 12.3. The largest absolute Gasteiger partial charge is 0.477 e. The summed E-state index contributed by atoms with van der Waals surface area (Å²) < 4.78 is 16.0. The van der Waals surface area contributed by atoms with Gasteiger partial charge in [0.2, 0.25) is 11.8 Å². The molecule has 0 radical (unpaired) electrons. The highest BCUT2D eigenvalue weighted by molar-refractivity contribution is 5.91. The predicted molar refractivity (Wildman–Crippen MR) is 104 cm³/mol. The molecule has 9 nitrogen and oxygen atoms in total. The van der Waals surface area contributed by atoms with Crippen LogP contribution in [-0.4, -0.2) is 71.9 Å². The zero-order valence-corrected chi connectivity index (χ0v) is 17.5. The Morgan fingerprint density at radius 1 is 1.29 bits per heavy atom. The molecule has 0 unspecified atom stereocenters. The first-order valence-electron chi connectivity index (χ1n) is 9.54. The second kappa shape index (κ2) is 9.07. The fourth-order valence-electron chi connectivity index (χ4n) is 2.83. The molecule has 1 amide bonds. The van der Waals surface area contributed by atoms with Crippen LogP contribution in [0.5, 0.6) is 5.88 Å². The topological polar surface area (TPSA) is 94.1 Å². The van der Waals surface area contributed by atoms with E-state index in [-0.39, 0.29) is 30.2 Å². The molecule has 0 N–H and O–H groups in total. The molecule has 1 saturated heterocycles. The SMILES string of the molecule is CCOC(=O)c1cnc(N2CC[C@H](N(C)C(=O)OC(C)(C)C)C2)nc1OCC. The van der Waals surface area contributed by atoms with E-state index < -0.39 is 11.6 Å². The van der Waals surface area contributed by atoms with Crippen molar-refractivity contribution in [2.45, 2.75) is 52.7 Å². The monoisotopic (exact) mass is 394 g/mol. The number of amides is 1. The van der Waals surface area contributed by atoms with E-state index in [9.17, 15) is 9.59 Å². The summed E-state index contributed by atoms with van der Waals surface area (Å²) in [4.78, 5) is 36.6. The van der Waals surface area contributed by atoms with Crippen molar-refractivity contribution in [2.75, 3.05) is 38.3 Å². The Hall–Kier alpha value is -2.58. The van der Waals surface area contributed by atoms with Gasteiger partial charge in [0.1, 0.15) is 11.2 Å². The molecule has 1 aliphatic heterocycles. The van der Waals surface area contributed by atoms with Crippen molar-refractivity contribution in [2.24, 2.45) is 0 Å². The van der Waals surface area contributed by atoms with Gasteiger partial charge in [0.25, 0.3) is 0 Å². The van der Waals surface area contributed by atoms with E-state index in [0.29, 0.717) is 25.6 Å². The van der Waals surface area contributed by atoms with E-state index in [2.05, 4.69) is 9.97 Å². The number of rotatable bonds is 6. The van der Waals surface area contributed by atoms with Crippen LogP contribution in [0, 0.1) is 0 Å². The Kier molecular flexibility index (Phi) is 7.04. The third-order valence-electron chi connectivity index (χ3n) is 4.19. The van der Waals surface area contributed by atoms with Crippen molar-refractivity contribution in [3.05, 3.63) is 11.8 Å². The smallest absolute Gasteiger partial charge is 0.410 e. The fraction of sp³-hybridized carbons (Fsp3) is 0.684. The van der Waals surface area contributed by atoms with Crippen molar-refractivity contribution in [1.29, 1.82) is 0 Å². The molecule has 2 rings (SSSR count). The number of carbonyl (C=O) groups excluding carboxylic acids is 2. The lowest BCUT2D eigenvalue weighted by Crippen LogP contribution is -2.42. The summed E-state index contributed by atoms with van der Waals surface area (Å²) in [7, 11) is 1.73. The van der Waals surface area contributed by atoms with Gasteiger partial charge in [0.15, 0.2) is 0 Å². The summed E-state index contributed by atoms with van der Waals surface area (Å²) in [6.45, 7) is 11.0. The van der Waals surface area contributed by atoms with Crippen LogP contribution in [0.15, 0.2) is 6.20 Å². The van der Waals surface area contributed by atoms with Gasteiger partial charge in [-0.25, -0.2) is 14.6 Å². The number of esters is 1. The normalized spacial score (nSPS) is 16.6. The van der Waals surface area contributed by atoms with Gasteiger partial charge in [0, 0.05) is 20.1 Å². The highest BCUT2D eigenvalue weighted by atomic mass is 16.6. The van der Waals surface area contributed by atoms with Crippen molar-refractivity contribution in [1.82, 2.24) is 14.9 Å². The molecular formula is C19H30N4O5. The maximum Gasteiger partial charge on any atom is 0.410 e. The molecule has 0 aliphatic carbocycles. The zero-order chi connectivity index (χ0) is 20.9. The van der Waals surface area contributed by atoms with E-state index in [1.807, 2.05) is 32.6 Å². The summed E-state index contributed by atoms with van der Waals surface area (Å²) in [6, 6.07) is -0.0151. The number of hydrogen-bond acceptors (Lipinski definition) is 8. The molecule has 156 valence electrons. The van der Waals surface area contributed by atoms with Gasteiger partial charge in [-0.3, -0.25) is 0 Å². The minimum Gasteiger partial charge on any atom is -0.477 e. The summed E-state index contributed by atoms with van der Waals surface area (Å²) in [5.74, 6) is 0.146. The number of anilines is 1. The molecule has 9 heteroatoms. The number of likely N-dealkylation sites (N-methyl/N-ethyl adjacent to an activating group) is 1. The Morgan fingerprint density at radius 2 is 2.00 bits per heavy atom. The number of ether oxygens (including phenoxy) is 3. The van der Waals surface area contributed by atoms with Crippen LogP contribution in [0.2, 0.25) is 0 Å². The van der Waals surface area contributed by atoms with Gasteiger partial charge >= 0.3 is 12.1 Å². The minimum atomic E-state index is -0.540. The van der Waals surface area contributed by atoms with E-state index >= 15 is 0 Å². The molecule has 1 aromatic heterocycles. The minimum absolute atomic E-state index is 0.0151. The first kappa shape index (κ1) is 21.7. The van der Waals surface area contributed by atoms with Crippen LogP contribution in [-0.2, 0) is 9.47 Å². The van der Waals surface area contributed by atoms with E-state index in [1.165, 1.54) is 6.20 Å². The van der Waals surface area contributed by atoms with E-state index in [1.54, 1.807) is 18.9 Å². The zero-order valence-electron chi connectivity index (χ0n) is 17.5. The van der Waals surface area contributed by atoms with Crippen molar-refractivity contribution >= 4 is 18.0 Å². The predicted octanol–water partition coefficient (Wildman–Crippen LogP) is 2.50. The molecule has 28 heavy (non-hydrogen) atoms. The second-order valence-corrected chi connectivity index (χ2v) is 7.52. The number of nitrogens with zero attached hydrogens (tertiary/aromatic N) is 4. The molecule has 2 heterocycles. The van der Waals surface area contributed by atoms with E-state index in [4.69, 9.17) is 14.2 Å². The Balaban J connectivity index is 2.11. The molecule has 1 aliphatic rings. The first-order chi connectivity index (χ1) is 13.2. The highest BCUT2D eigenvalue weighted by Gasteiger charge is 2.32. The lowest BCUT2D eigenvalue weighted by molar-refractivity contribution is 0.0237. The average Bonchev–Trinajstić information content (AvgIpc) is 3.10. The molecule has 0 bridgehead atoms. The standard InChI is InChI=1S/C19H30N4O5/c1-7-26-15-14(16(24)27-8-2)11-20-17(21-15)23-10-9-13(12-23)22(6)18(25)28-19(3,4)5/h11,13H,7-10,12H2,1-6H3/t13-/m0/s1. The van der Waals surface area contributed by atoms with Crippen LogP contribution < -0.4 is 9.64 Å². The summed E-state index contributed by atoms with van der Waals surface area (Å²) in [5.41, 5.74) is -0.337. The van der Waals surface area contributed by atoms with Crippen LogP contribution in [0.1, 0.15) is 51.4 Å². The summed E-state index contributed by atoms with van der Waals surface area (Å²) in [6.07, 6.45) is 1.84. The lowest BCUT2D eigenvalue weighted by Gasteiger charge is -2.28. The number of aromatic nitrogens is 2. The maximum atomic E-state index is 12.3. The van der Waals surface area contributed by atoms with Gasteiger partial charge in [-0.1, -0.05) is 0 Å². The third kappa shape index (κ3) is 5.46. The third-order valence-corrected chi connectivity index (χ3v) is 4.19. The van der Waals surface area contributed by atoms with Crippen LogP contribution >= 0.6 is 0 Å². The number of carbonyl (C=O) groups is 2. The first-order valence-corrected chi connectivity index (χ1v) is 9.54. The lowest BCUT2D eigenvalue weighted by atomic mass is 10.2. The molecule has 1 atom stereocenters. The van der Waals surface area contributed by atoms with Crippen molar-refractivity contribution in [3.8, 4) is 5.88 Å². The van der Waals surface area contributed by atoms with Crippen molar-refractivity contribution < 1.29 is 23.8 Å². The van der Waals surface area contributed by atoms with Crippen molar-refractivity contribution in [3.63, 3.8) is 0 Å².